The Balaban J connectivity index is 2.10. The maximum atomic E-state index is 12.7. The molecular weight excluding hydrogens is 325 g/mol. The fourth-order valence-corrected chi connectivity index (χ4v) is 2.71. The average molecular weight is 342 g/mol. The van der Waals surface area contributed by atoms with Crippen LogP contribution in [0.4, 0.5) is 24.5 Å². The number of nitro benzene ring substituents is 1. The number of nitriles is 1. The van der Waals surface area contributed by atoms with Gasteiger partial charge in [0.05, 0.1) is 16.6 Å². The van der Waals surface area contributed by atoms with E-state index >= 15 is 0 Å². The summed E-state index contributed by atoms with van der Waals surface area (Å²) in [4.78, 5) is 14.3. The first-order valence-corrected chi connectivity index (χ1v) is 7.53. The minimum absolute atomic E-state index is 0.213. The third-order valence-electron chi connectivity index (χ3n) is 3.98. The fraction of sp³-hybridized carbons (Fsp3) is 0.533. The van der Waals surface area contributed by atoms with Crippen LogP contribution in [0.5, 0.6) is 0 Å². The molecule has 0 aliphatic carbocycles. The van der Waals surface area contributed by atoms with Gasteiger partial charge in [-0.15, -0.1) is 0 Å². The van der Waals surface area contributed by atoms with Gasteiger partial charge in [0, 0.05) is 38.7 Å². The number of piperazine rings is 1. The Hall–Kier alpha value is -2.34. The Kier molecular flexibility index (Phi) is 5.62. The molecule has 1 aromatic rings. The van der Waals surface area contributed by atoms with E-state index in [9.17, 15) is 23.3 Å². The van der Waals surface area contributed by atoms with E-state index in [1.807, 2.05) is 0 Å². The van der Waals surface area contributed by atoms with Gasteiger partial charge in [-0.25, -0.2) is 0 Å². The van der Waals surface area contributed by atoms with E-state index in [0.717, 1.165) is 19.0 Å². The highest BCUT2D eigenvalue weighted by Crippen LogP contribution is 2.36. The van der Waals surface area contributed by atoms with Crippen molar-refractivity contribution in [1.29, 1.82) is 5.26 Å². The molecule has 0 saturated carbocycles. The molecule has 24 heavy (non-hydrogen) atoms. The van der Waals surface area contributed by atoms with Crippen molar-refractivity contribution in [3.8, 4) is 6.07 Å². The second-order valence-electron chi connectivity index (χ2n) is 5.55. The lowest BCUT2D eigenvalue weighted by atomic mass is 10.1. The first kappa shape index (κ1) is 18.0. The van der Waals surface area contributed by atoms with Crippen molar-refractivity contribution in [3.63, 3.8) is 0 Å². The smallest absolute Gasteiger partial charge is 0.363 e. The molecular formula is C15H17F3N4O2. The third-order valence-corrected chi connectivity index (χ3v) is 3.98. The summed E-state index contributed by atoms with van der Waals surface area (Å²) >= 11 is 0. The molecule has 1 heterocycles. The highest BCUT2D eigenvalue weighted by atomic mass is 19.4. The van der Waals surface area contributed by atoms with Crippen LogP contribution in [0.3, 0.4) is 0 Å². The van der Waals surface area contributed by atoms with Gasteiger partial charge in [0.25, 0.3) is 5.69 Å². The Labute approximate surface area is 137 Å². The van der Waals surface area contributed by atoms with Crippen LogP contribution in [-0.4, -0.2) is 42.5 Å². The molecule has 6 nitrogen and oxygen atoms in total. The van der Waals surface area contributed by atoms with Crippen LogP contribution < -0.4 is 4.90 Å². The van der Waals surface area contributed by atoms with Gasteiger partial charge in [-0.1, -0.05) is 0 Å². The van der Waals surface area contributed by atoms with Gasteiger partial charge in [-0.05, 0) is 25.1 Å². The van der Waals surface area contributed by atoms with Gasteiger partial charge in [0.2, 0.25) is 0 Å². The van der Waals surface area contributed by atoms with Gasteiger partial charge in [-0.3, -0.25) is 15.0 Å². The molecule has 0 aromatic heterocycles. The number of nitro groups is 1. The van der Waals surface area contributed by atoms with Crippen molar-refractivity contribution in [2.45, 2.75) is 19.0 Å². The first-order valence-electron chi connectivity index (χ1n) is 7.53. The summed E-state index contributed by atoms with van der Waals surface area (Å²) in [7, 11) is 0. The van der Waals surface area contributed by atoms with E-state index in [1.54, 1.807) is 4.90 Å². The van der Waals surface area contributed by atoms with Crippen LogP contribution in [0.2, 0.25) is 0 Å². The molecule has 0 amide bonds. The highest BCUT2D eigenvalue weighted by molar-refractivity contribution is 5.65. The molecule has 1 aliphatic heterocycles. The molecule has 1 fully saturated rings. The maximum Gasteiger partial charge on any atom is 0.416 e. The number of hydrogen-bond acceptors (Lipinski definition) is 5. The predicted octanol–water partition coefficient (Wildman–Crippen LogP) is 3.04. The summed E-state index contributed by atoms with van der Waals surface area (Å²) in [6.45, 7) is 3.08. The van der Waals surface area contributed by atoms with Crippen molar-refractivity contribution in [3.05, 3.63) is 33.9 Å². The van der Waals surface area contributed by atoms with Crippen LogP contribution in [0, 0.1) is 21.4 Å². The Morgan fingerprint density at radius 3 is 2.46 bits per heavy atom. The van der Waals surface area contributed by atoms with Gasteiger partial charge in [-0.2, -0.15) is 18.4 Å². The monoisotopic (exact) mass is 342 g/mol. The molecule has 0 radical (unpaired) electrons. The molecule has 0 bridgehead atoms. The Morgan fingerprint density at radius 2 is 1.92 bits per heavy atom. The summed E-state index contributed by atoms with van der Waals surface area (Å²) in [5, 5.41) is 19.7. The lowest BCUT2D eigenvalue weighted by molar-refractivity contribution is -0.384. The van der Waals surface area contributed by atoms with Crippen LogP contribution >= 0.6 is 0 Å². The second kappa shape index (κ2) is 7.49. The van der Waals surface area contributed by atoms with Crippen LogP contribution in [0.15, 0.2) is 18.2 Å². The zero-order valence-corrected chi connectivity index (χ0v) is 12.9. The number of benzene rings is 1. The van der Waals surface area contributed by atoms with Crippen LogP contribution in [-0.2, 0) is 6.18 Å². The minimum Gasteiger partial charge on any atom is -0.363 e. The zero-order valence-electron chi connectivity index (χ0n) is 12.9. The maximum absolute atomic E-state index is 12.7. The van der Waals surface area contributed by atoms with Crippen LogP contribution in [0.25, 0.3) is 0 Å². The highest BCUT2D eigenvalue weighted by Gasteiger charge is 2.34. The fourth-order valence-electron chi connectivity index (χ4n) is 2.71. The van der Waals surface area contributed by atoms with Crippen molar-refractivity contribution >= 4 is 11.4 Å². The predicted molar refractivity (Wildman–Crippen MR) is 81.6 cm³/mol. The number of rotatable bonds is 5. The molecule has 1 saturated heterocycles. The number of unbranched alkanes of at least 4 members (excludes halogenated alkanes) is 1. The summed E-state index contributed by atoms with van der Waals surface area (Å²) in [5.74, 6) is 0. The summed E-state index contributed by atoms with van der Waals surface area (Å²) in [6, 6.07) is 4.72. The number of alkyl halides is 3. The number of hydrogen-bond donors (Lipinski definition) is 0. The molecule has 1 aliphatic rings. The Morgan fingerprint density at radius 1 is 1.25 bits per heavy atom. The molecule has 9 heteroatoms. The van der Waals surface area contributed by atoms with E-state index in [2.05, 4.69) is 11.0 Å². The molecule has 0 spiro atoms. The number of halogens is 3. The normalized spacial score (nSPS) is 16.0. The number of anilines is 1. The second-order valence-corrected chi connectivity index (χ2v) is 5.55. The lowest BCUT2D eigenvalue weighted by Crippen LogP contribution is -2.46. The molecule has 0 N–H and O–H groups in total. The van der Waals surface area contributed by atoms with Crippen molar-refractivity contribution in [1.82, 2.24) is 4.90 Å². The summed E-state index contributed by atoms with van der Waals surface area (Å²) in [5.41, 5.74) is -1.33. The van der Waals surface area contributed by atoms with E-state index in [1.165, 1.54) is 6.07 Å². The van der Waals surface area contributed by atoms with E-state index in [0.29, 0.717) is 38.7 Å². The SMILES string of the molecule is N#CCCCN1CCN(c2ccc(C(F)(F)F)cc2[N+](=O)[O-])CC1. The topological polar surface area (TPSA) is 73.4 Å². The molecule has 0 atom stereocenters. The van der Waals surface area contributed by atoms with Gasteiger partial charge in [0.1, 0.15) is 5.69 Å². The number of nitrogens with zero attached hydrogens (tertiary/aromatic N) is 4. The van der Waals surface area contributed by atoms with E-state index < -0.39 is 22.4 Å². The Bertz CT molecular complexity index is 635. The average Bonchev–Trinajstić information content (AvgIpc) is 2.54. The molecule has 130 valence electrons. The van der Waals surface area contributed by atoms with Crippen molar-refractivity contribution in [2.75, 3.05) is 37.6 Å². The van der Waals surface area contributed by atoms with E-state index in [4.69, 9.17) is 5.26 Å². The molecule has 2 rings (SSSR count). The lowest BCUT2D eigenvalue weighted by Gasteiger charge is -2.35. The first-order chi connectivity index (χ1) is 11.3. The molecule has 1 aromatic carbocycles. The quantitative estimate of drug-likeness (QED) is 0.467. The van der Waals surface area contributed by atoms with Gasteiger partial charge < -0.3 is 4.90 Å². The standard InChI is InChI=1S/C15H17F3N4O2/c16-15(17,18)12-3-4-13(14(11-12)22(23)24)21-9-7-20(8-10-21)6-2-1-5-19/h3-4,11H,1-2,6-10H2. The van der Waals surface area contributed by atoms with Gasteiger partial charge in [0.15, 0.2) is 0 Å². The largest absolute Gasteiger partial charge is 0.416 e. The third kappa shape index (κ3) is 4.35. The zero-order chi connectivity index (χ0) is 17.7. The molecule has 0 unspecified atom stereocenters. The summed E-state index contributed by atoms with van der Waals surface area (Å²) < 4.78 is 38.2. The van der Waals surface area contributed by atoms with Crippen LogP contribution in [0.1, 0.15) is 18.4 Å². The van der Waals surface area contributed by atoms with Crippen molar-refractivity contribution in [2.24, 2.45) is 0 Å². The minimum atomic E-state index is -4.61. The summed E-state index contributed by atoms with van der Waals surface area (Å²) in [6.07, 6.45) is -3.37. The van der Waals surface area contributed by atoms with Gasteiger partial charge >= 0.3 is 6.18 Å². The van der Waals surface area contributed by atoms with Crippen molar-refractivity contribution < 1.29 is 18.1 Å². The van der Waals surface area contributed by atoms with E-state index in [-0.39, 0.29) is 5.69 Å².